The SMILES string of the molecule is COc1cc(-c2cnsc2-c2ccc3c(ccn3C)c2)cc(OC)c1OC. The Balaban J connectivity index is 1.86. The zero-order valence-corrected chi connectivity index (χ0v) is 16.5. The van der Waals surface area contributed by atoms with E-state index in [0.717, 1.165) is 21.6 Å². The van der Waals surface area contributed by atoms with Crippen LogP contribution in [0.3, 0.4) is 0 Å². The smallest absolute Gasteiger partial charge is 0.203 e. The molecule has 0 saturated carbocycles. The molecule has 2 aromatic heterocycles. The second-order valence-corrected chi connectivity index (χ2v) is 6.98. The lowest BCUT2D eigenvalue weighted by Gasteiger charge is -2.14. The van der Waals surface area contributed by atoms with Gasteiger partial charge in [0.25, 0.3) is 0 Å². The van der Waals surface area contributed by atoms with Gasteiger partial charge in [0.2, 0.25) is 5.75 Å². The zero-order valence-electron chi connectivity index (χ0n) is 15.6. The van der Waals surface area contributed by atoms with E-state index >= 15 is 0 Å². The molecule has 0 aliphatic carbocycles. The van der Waals surface area contributed by atoms with Crippen molar-refractivity contribution < 1.29 is 14.2 Å². The molecule has 0 fully saturated rings. The van der Waals surface area contributed by atoms with Gasteiger partial charge in [-0.1, -0.05) is 6.07 Å². The minimum atomic E-state index is 0.583. The lowest BCUT2D eigenvalue weighted by atomic mass is 10.0. The number of aromatic nitrogens is 2. The molecule has 2 heterocycles. The maximum absolute atomic E-state index is 5.50. The van der Waals surface area contributed by atoms with E-state index in [9.17, 15) is 0 Å². The Labute approximate surface area is 161 Å². The van der Waals surface area contributed by atoms with Gasteiger partial charge in [0.1, 0.15) is 0 Å². The minimum Gasteiger partial charge on any atom is -0.493 e. The fourth-order valence-corrected chi connectivity index (χ4v) is 4.08. The molecule has 138 valence electrons. The van der Waals surface area contributed by atoms with Crippen LogP contribution >= 0.6 is 11.5 Å². The van der Waals surface area contributed by atoms with Crippen LogP contribution in [-0.4, -0.2) is 30.3 Å². The summed E-state index contributed by atoms with van der Waals surface area (Å²) < 4.78 is 23.0. The van der Waals surface area contributed by atoms with E-state index in [1.165, 1.54) is 22.4 Å². The van der Waals surface area contributed by atoms with Crippen LogP contribution in [-0.2, 0) is 7.05 Å². The second kappa shape index (κ2) is 6.96. The third kappa shape index (κ3) is 2.92. The molecule has 4 aromatic rings. The van der Waals surface area contributed by atoms with Crippen molar-refractivity contribution >= 4 is 22.4 Å². The van der Waals surface area contributed by atoms with Crippen molar-refractivity contribution in [1.82, 2.24) is 8.94 Å². The number of benzene rings is 2. The van der Waals surface area contributed by atoms with Gasteiger partial charge in [-0.15, -0.1) is 0 Å². The summed E-state index contributed by atoms with van der Waals surface area (Å²) in [5, 5.41) is 1.21. The number of ether oxygens (including phenoxy) is 3. The second-order valence-electron chi connectivity index (χ2n) is 6.18. The molecule has 4 rings (SSSR count). The van der Waals surface area contributed by atoms with Gasteiger partial charge in [0.15, 0.2) is 11.5 Å². The number of nitrogens with zero attached hydrogens (tertiary/aromatic N) is 2. The summed E-state index contributed by atoms with van der Waals surface area (Å²) in [6.45, 7) is 0. The molecule has 0 bridgehead atoms. The topological polar surface area (TPSA) is 45.5 Å². The van der Waals surface area contributed by atoms with Gasteiger partial charge in [-0.3, -0.25) is 0 Å². The van der Waals surface area contributed by atoms with Crippen molar-refractivity contribution in [2.45, 2.75) is 0 Å². The summed E-state index contributed by atoms with van der Waals surface area (Å²) in [5.74, 6) is 1.84. The van der Waals surface area contributed by atoms with Crippen LogP contribution in [0.5, 0.6) is 17.2 Å². The van der Waals surface area contributed by atoms with Gasteiger partial charge in [0.05, 0.1) is 26.2 Å². The van der Waals surface area contributed by atoms with Gasteiger partial charge < -0.3 is 18.8 Å². The fourth-order valence-electron chi connectivity index (χ4n) is 3.31. The van der Waals surface area contributed by atoms with Gasteiger partial charge in [-0.25, -0.2) is 0 Å². The van der Waals surface area contributed by atoms with Crippen molar-refractivity contribution in [3.63, 3.8) is 0 Å². The maximum Gasteiger partial charge on any atom is 0.203 e. The highest BCUT2D eigenvalue weighted by Crippen LogP contribution is 2.44. The highest BCUT2D eigenvalue weighted by atomic mass is 32.1. The Morgan fingerprint density at radius 3 is 2.30 bits per heavy atom. The quantitative estimate of drug-likeness (QED) is 0.489. The monoisotopic (exact) mass is 380 g/mol. The van der Waals surface area contributed by atoms with Crippen molar-refractivity contribution in [2.75, 3.05) is 21.3 Å². The van der Waals surface area contributed by atoms with Gasteiger partial charge in [-0.05, 0) is 53.0 Å². The first-order valence-electron chi connectivity index (χ1n) is 8.46. The third-order valence-corrected chi connectivity index (χ3v) is 5.54. The van der Waals surface area contributed by atoms with E-state index in [0.29, 0.717) is 17.2 Å². The van der Waals surface area contributed by atoms with Crippen LogP contribution in [0.2, 0.25) is 0 Å². The molecule has 0 aliphatic rings. The molecule has 0 spiro atoms. The van der Waals surface area contributed by atoms with Crippen molar-refractivity contribution in [3.8, 4) is 38.8 Å². The summed E-state index contributed by atoms with van der Waals surface area (Å²) >= 11 is 1.48. The molecule has 0 amide bonds. The normalized spacial score (nSPS) is 11.0. The zero-order chi connectivity index (χ0) is 19.0. The lowest BCUT2D eigenvalue weighted by Crippen LogP contribution is -1.95. The van der Waals surface area contributed by atoms with Crippen molar-refractivity contribution in [1.29, 1.82) is 0 Å². The predicted molar refractivity (Wildman–Crippen MR) is 109 cm³/mol. The van der Waals surface area contributed by atoms with E-state index in [-0.39, 0.29) is 0 Å². The van der Waals surface area contributed by atoms with Crippen LogP contribution in [0.4, 0.5) is 0 Å². The van der Waals surface area contributed by atoms with E-state index in [4.69, 9.17) is 14.2 Å². The minimum absolute atomic E-state index is 0.583. The Morgan fingerprint density at radius 2 is 1.63 bits per heavy atom. The molecule has 0 N–H and O–H groups in total. The van der Waals surface area contributed by atoms with Crippen molar-refractivity contribution in [2.24, 2.45) is 7.05 Å². The predicted octanol–water partition coefficient (Wildman–Crippen LogP) is 4.99. The molecule has 2 aromatic carbocycles. The molecule has 0 atom stereocenters. The standard InChI is InChI=1S/C21H20N2O3S/c1-23-8-7-13-9-14(5-6-17(13)23)21-16(12-22-27-21)15-10-18(24-2)20(26-4)19(11-15)25-3/h5-12H,1-4H3. The summed E-state index contributed by atoms with van der Waals surface area (Å²) in [4.78, 5) is 1.11. The highest BCUT2D eigenvalue weighted by Gasteiger charge is 2.18. The van der Waals surface area contributed by atoms with Gasteiger partial charge in [0, 0.05) is 35.9 Å². The van der Waals surface area contributed by atoms with Crippen LogP contribution in [0.15, 0.2) is 48.8 Å². The number of fused-ring (bicyclic) bond motifs is 1. The van der Waals surface area contributed by atoms with Crippen LogP contribution in [0.25, 0.3) is 32.5 Å². The lowest BCUT2D eigenvalue weighted by molar-refractivity contribution is 0.324. The maximum atomic E-state index is 5.50. The molecule has 0 saturated heterocycles. The molecule has 0 unspecified atom stereocenters. The van der Waals surface area contributed by atoms with E-state index in [1.807, 2.05) is 18.3 Å². The Hall–Kier alpha value is -2.99. The first kappa shape index (κ1) is 17.4. The number of hydrogen-bond acceptors (Lipinski definition) is 5. The molecular formula is C21H20N2O3S. The molecule has 0 radical (unpaired) electrons. The van der Waals surface area contributed by atoms with Gasteiger partial charge >= 0.3 is 0 Å². The van der Waals surface area contributed by atoms with Crippen molar-refractivity contribution in [3.05, 3.63) is 48.8 Å². The molecule has 6 heteroatoms. The molecule has 5 nitrogen and oxygen atoms in total. The number of hydrogen-bond donors (Lipinski definition) is 0. The van der Waals surface area contributed by atoms with Gasteiger partial charge in [-0.2, -0.15) is 4.37 Å². The third-order valence-electron chi connectivity index (χ3n) is 4.69. The molecular weight excluding hydrogens is 360 g/mol. The first-order chi connectivity index (χ1) is 13.2. The summed E-state index contributed by atoms with van der Waals surface area (Å²) in [6.07, 6.45) is 3.96. The summed E-state index contributed by atoms with van der Waals surface area (Å²) in [5.41, 5.74) is 4.36. The summed E-state index contributed by atoms with van der Waals surface area (Å²) in [6, 6.07) is 12.5. The fraction of sp³-hybridized carbons (Fsp3) is 0.190. The van der Waals surface area contributed by atoms with E-state index in [1.54, 1.807) is 21.3 Å². The first-order valence-corrected chi connectivity index (χ1v) is 9.24. The molecule has 0 aliphatic heterocycles. The Kier molecular flexibility index (Phi) is 4.49. The van der Waals surface area contributed by atoms with E-state index < -0.39 is 0 Å². The average molecular weight is 380 g/mol. The number of aryl methyl sites for hydroxylation is 1. The summed E-state index contributed by atoms with van der Waals surface area (Å²) in [7, 11) is 6.90. The largest absolute Gasteiger partial charge is 0.493 e. The highest BCUT2D eigenvalue weighted by molar-refractivity contribution is 7.10. The van der Waals surface area contributed by atoms with Crippen LogP contribution in [0, 0.1) is 0 Å². The Morgan fingerprint density at radius 1 is 0.889 bits per heavy atom. The van der Waals surface area contributed by atoms with Crippen LogP contribution < -0.4 is 14.2 Å². The Bertz CT molecular complexity index is 1090. The number of rotatable bonds is 5. The average Bonchev–Trinajstić information content (AvgIpc) is 3.33. The van der Waals surface area contributed by atoms with Crippen LogP contribution in [0.1, 0.15) is 0 Å². The van der Waals surface area contributed by atoms with E-state index in [2.05, 4.69) is 46.5 Å². The number of methoxy groups -OCH3 is 3. The molecule has 27 heavy (non-hydrogen) atoms.